The van der Waals surface area contributed by atoms with Crippen molar-refractivity contribution in [3.05, 3.63) is 34.3 Å². The molecule has 1 saturated heterocycles. The van der Waals surface area contributed by atoms with E-state index in [0.717, 1.165) is 4.47 Å². The normalized spacial score (nSPS) is 15.1. The van der Waals surface area contributed by atoms with Gasteiger partial charge in [0.25, 0.3) is 5.91 Å². The topological polar surface area (TPSA) is 55.8 Å². The lowest BCUT2D eigenvalue weighted by Crippen LogP contribution is -2.42. The molecule has 0 aromatic heterocycles. The first-order valence-corrected chi connectivity index (χ1v) is 6.74. The summed E-state index contributed by atoms with van der Waals surface area (Å²) in [4.78, 5) is 25.2. The molecule has 1 amide bonds. The minimum Gasteiger partial charge on any atom is -0.452 e. The number of rotatable bonds is 3. The van der Waals surface area contributed by atoms with Crippen molar-refractivity contribution in [3.63, 3.8) is 0 Å². The third kappa shape index (κ3) is 4.04. The summed E-state index contributed by atoms with van der Waals surface area (Å²) in [7, 11) is 0. The van der Waals surface area contributed by atoms with Crippen molar-refractivity contribution in [2.45, 2.75) is 0 Å². The van der Waals surface area contributed by atoms with Crippen LogP contribution in [0.1, 0.15) is 10.4 Å². The van der Waals surface area contributed by atoms with Gasteiger partial charge in [-0.3, -0.25) is 4.79 Å². The van der Waals surface area contributed by atoms with E-state index < -0.39 is 5.97 Å². The minimum absolute atomic E-state index is 0.188. The van der Waals surface area contributed by atoms with Crippen molar-refractivity contribution in [1.29, 1.82) is 0 Å². The molecule has 0 bridgehead atoms. The molecule has 0 radical (unpaired) electrons. The summed E-state index contributed by atoms with van der Waals surface area (Å²) in [6, 6.07) is 6.86. The molecule has 2 rings (SSSR count). The van der Waals surface area contributed by atoms with Gasteiger partial charge in [-0.05, 0) is 18.2 Å². The van der Waals surface area contributed by atoms with Crippen molar-refractivity contribution < 1.29 is 19.1 Å². The van der Waals surface area contributed by atoms with Gasteiger partial charge in [-0.25, -0.2) is 4.79 Å². The number of hydrogen-bond acceptors (Lipinski definition) is 4. The van der Waals surface area contributed by atoms with Crippen LogP contribution >= 0.6 is 15.9 Å². The summed E-state index contributed by atoms with van der Waals surface area (Å²) in [6.45, 7) is 1.93. The van der Waals surface area contributed by atoms with Crippen LogP contribution in [0.25, 0.3) is 0 Å². The fourth-order valence-electron chi connectivity index (χ4n) is 1.73. The van der Waals surface area contributed by atoms with Crippen molar-refractivity contribution in [3.8, 4) is 0 Å². The fraction of sp³-hybridized carbons (Fsp3) is 0.385. The molecule has 0 atom stereocenters. The van der Waals surface area contributed by atoms with E-state index in [1.54, 1.807) is 23.1 Å². The number of morpholine rings is 1. The number of amides is 1. The molecule has 102 valence electrons. The van der Waals surface area contributed by atoms with Crippen LogP contribution in [0.2, 0.25) is 0 Å². The summed E-state index contributed by atoms with van der Waals surface area (Å²) in [6.07, 6.45) is 0. The summed E-state index contributed by atoms with van der Waals surface area (Å²) in [5.74, 6) is -0.686. The second kappa shape index (κ2) is 6.68. The Morgan fingerprint density at radius 1 is 1.32 bits per heavy atom. The molecule has 0 saturated carbocycles. The molecule has 0 unspecified atom stereocenters. The van der Waals surface area contributed by atoms with Gasteiger partial charge in [-0.15, -0.1) is 0 Å². The lowest BCUT2D eigenvalue weighted by atomic mass is 10.2. The average molecular weight is 328 g/mol. The molecule has 0 aliphatic carbocycles. The van der Waals surface area contributed by atoms with Crippen LogP contribution in [0.4, 0.5) is 0 Å². The van der Waals surface area contributed by atoms with Crippen molar-refractivity contribution in [2.75, 3.05) is 32.9 Å². The second-order valence-corrected chi connectivity index (χ2v) is 5.00. The number of carbonyl (C=O) groups excluding carboxylic acids is 2. The quantitative estimate of drug-likeness (QED) is 0.789. The smallest absolute Gasteiger partial charge is 0.338 e. The Hall–Kier alpha value is -1.40. The van der Waals surface area contributed by atoms with Gasteiger partial charge in [0.15, 0.2) is 6.61 Å². The van der Waals surface area contributed by atoms with E-state index in [4.69, 9.17) is 9.47 Å². The maximum absolute atomic E-state index is 11.8. The van der Waals surface area contributed by atoms with Crippen LogP contribution in [-0.2, 0) is 14.3 Å². The second-order valence-electron chi connectivity index (χ2n) is 4.08. The van der Waals surface area contributed by atoms with Crippen LogP contribution < -0.4 is 0 Å². The Labute approximate surface area is 119 Å². The van der Waals surface area contributed by atoms with E-state index in [1.165, 1.54) is 0 Å². The fourth-order valence-corrected chi connectivity index (χ4v) is 2.13. The van der Waals surface area contributed by atoms with Gasteiger partial charge in [-0.2, -0.15) is 0 Å². The zero-order valence-corrected chi connectivity index (χ0v) is 11.9. The number of esters is 1. The number of ether oxygens (including phenoxy) is 2. The molecule has 5 nitrogen and oxygen atoms in total. The summed E-state index contributed by atoms with van der Waals surface area (Å²) in [5.41, 5.74) is 0.421. The van der Waals surface area contributed by atoms with Gasteiger partial charge in [0.2, 0.25) is 0 Å². The molecule has 6 heteroatoms. The van der Waals surface area contributed by atoms with Crippen molar-refractivity contribution in [2.24, 2.45) is 0 Å². The van der Waals surface area contributed by atoms with Crippen molar-refractivity contribution >= 4 is 27.8 Å². The van der Waals surface area contributed by atoms with Gasteiger partial charge in [0.1, 0.15) is 0 Å². The van der Waals surface area contributed by atoms with E-state index in [2.05, 4.69) is 15.9 Å². The summed E-state index contributed by atoms with van der Waals surface area (Å²) < 4.78 is 11.0. The number of halogens is 1. The van der Waals surface area contributed by atoms with Gasteiger partial charge in [0.05, 0.1) is 18.8 Å². The lowest BCUT2D eigenvalue weighted by Gasteiger charge is -2.26. The Bertz CT molecular complexity index is 471. The maximum Gasteiger partial charge on any atom is 0.338 e. The molecule has 1 aliphatic rings. The number of carbonyl (C=O) groups is 2. The molecular formula is C13H14BrNO4. The largest absolute Gasteiger partial charge is 0.452 e. The molecule has 1 aromatic carbocycles. The number of benzene rings is 1. The SMILES string of the molecule is O=C(OCC(=O)N1CCOCC1)c1cccc(Br)c1. The molecule has 19 heavy (non-hydrogen) atoms. The summed E-state index contributed by atoms with van der Waals surface area (Å²) in [5, 5.41) is 0. The highest BCUT2D eigenvalue weighted by Crippen LogP contribution is 2.12. The highest BCUT2D eigenvalue weighted by Gasteiger charge is 2.18. The molecule has 1 aliphatic heterocycles. The molecule has 1 aromatic rings. The van der Waals surface area contributed by atoms with Gasteiger partial charge in [-0.1, -0.05) is 22.0 Å². The zero-order valence-electron chi connectivity index (χ0n) is 10.3. The first kappa shape index (κ1) is 14.0. The van der Waals surface area contributed by atoms with E-state index in [1.807, 2.05) is 6.07 Å². The molecule has 0 N–H and O–H groups in total. The first-order chi connectivity index (χ1) is 9.16. The van der Waals surface area contributed by atoms with Crippen LogP contribution in [0, 0.1) is 0 Å². The summed E-state index contributed by atoms with van der Waals surface area (Å²) >= 11 is 3.28. The van der Waals surface area contributed by atoms with Crippen LogP contribution in [0.5, 0.6) is 0 Å². The molecule has 1 fully saturated rings. The van der Waals surface area contributed by atoms with Gasteiger partial charge in [0, 0.05) is 17.6 Å². The molecule has 1 heterocycles. The van der Waals surface area contributed by atoms with Crippen LogP contribution in [-0.4, -0.2) is 49.7 Å². The predicted octanol–water partition coefficient (Wildman–Crippen LogP) is 1.46. The standard InChI is InChI=1S/C13H14BrNO4/c14-11-3-1-2-10(8-11)13(17)19-9-12(16)15-4-6-18-7-5-15/h1-3,8H,4-7,9H2. The number of hydrogen-bond donors (Lipinski definition) is 0. The van der Waals surface area contributed by atoms with Crippen LogP contribution in [0.15, 0.2) is 28.7 Å². The van der Waals surface area contributed by atoms with E-state index >= 15 is 0 Å². The maximum atomic E-state index is 11.8. The van der Waals surface area contributed by atoms with Crippen molar-refractivity contribution in [1.82, 2.24) is 4.90 Å². The first-order valence-electron chi connectivity index (χ1n) is 5.95. The third-order valence-corrected chi connectivity index (χ3v) is 3.24. The molecule has 0 spiro atoms. The number of nitrogens with zero attached hydrogens (tertiary/aromatic N) is 1. The van der Waals surface area contributed by atoms with Crippen LogP contribution in [0.3, 0.4) is 0 Å². The molecular weight excluding hydrogens is 314 g/mol. The highest BCUT2D eigenvalue weighted by atomic mass is 79.9. The third-order valence-electron chi connectivity index (χ3n) is 2.75. The minimum atomic E-state index is -0.497. The Balaban J connectivity index is 1.84. The van der Waals surface area contributed by atoms with E-state index in [0.29, 0.717) is 31.9 Å². The van der Waals surface area contributed by atoms with Gasteiger partial charge < -0.3 is 14.4 Å². The Morgan fingerprint density at radius 2 is 2.05 bits per heavy atom. The van der Waals surface area contributed by atoms with E-state index in [-0.39, 0.29) is 12.5 Å². The predicted molar refractivity (Wildman–Crippen MR) is 71.8 cm³/mol. The average Bonchev–Trinajstić information content (AvgIpc) is 2.45. The Kier molecular flexibility index (Phi) is 4.93. The van der Waals surface area contributed by atoms with E-state index in [9.17, 15) is 9.59 Å². The zero-order chi connectivity index (χ0) is 13.7. The monoisotopic (exact) mass is 327 g/mol. The Morgan fingerprint density at radius 3 is 2.74 bits per heavy atom. The van der Waals surface area contributed by atoms with Gasteiger partial charge >= 0.3 is 5.97 Å². The highest BCUT2D eigenvalue weighted by molar-refractivity contribution is 9.10. The lowest BCUT2D eigenvalue weighted by molar-refractivity contribution is -0.138.